The number of aromatic nitrogens is 1. The van der Waals surface area contributed by atoms with Gasteiger partial charge >= 0.3 is 0 Å². The van der Waals surface area contributed by atoms with Gasteiger partial charge in [-0.2, -0.15) is 0 Å². The number of fused-ring (bicyclic) bond motifs is 1. The molecule has 4 rings (SSSR count). The number of furan rings is 1. The summed E-state index contributed by atoms with van der Waals surface area (Å²) in [4.78, 5) is 4.44. The van der Waals surface area contributed by atoms with E-state index >= 15 is 0 Å². The Bertz CT molecular complexity index is 1110. The highest BCUT2D eigenvalue weighted by Crippen LogP contribution is 2.42. The van der Waals surface area contributed by atoms with Crippen LogP contribution in [-0.2, 0) is 0 Å². The average Bonchev–Trinajstić information content (AvgIpc) is 3.17. The van der Waals surface area contributed by atoms with Crippen LogP contribution >= 0.6 is 0 Å². The predicted molar refractivity (Wildman–Crippen MR) is 109 cm³/mol. The van der Waals surface area contributed by atoms with E-state index in [-0.39, 0.29) is 0 Å². The van der Waals surface area contributed by atoms with Crippen molar-refractivity contribution in [1.29, 1.82) is 0 Å². The molecule has 0 spiro atoms. The number of nitrogen functional groups attached to an aromatic ring is 1. The first-order valence-electron chi connectivity index (χ1n) is 8.69. The molecule has 6 nitrogen and oxygen atoms in total. The molecule has 0 amide bonds. The van der Waals surface area contributed by atoms with Gasteiger partial charge in [-0.25, -0.2) is 0 Å². The van der Waals surface area contributed by atoms with E-state index in [0.717, 1.165) is 22.2 Å². The van der Waals surface area contributed by atoms with Gasteiger partial charge in [0.2, 0.25) is 5.75 Å². The third-order valence-corrected chi connectivity index (χ3v) is 4.58. The molecule has 2 heterocycles. The molecule has 0 atom stereocenters. The van der Waals surface area contributed by atoms with E-state index in [0.29, 0.717) is 34.3 Å². The molecule has 0 bridgehead atoms. The summed E-state index contributed by atoms with van der Waals surface area (Å²) < 4.78 is 22.5. The van der Waals surface area contributed by atoms with E-state index < -0.39 is 0 Å². The van der Waals surface area contributed by atoms with E-state index in [1.807, 2.05) is 48.5 Å². The van der Waals surface area contributed by atoms with Crippen LogP contribution in [0.2, 0.25) is 0 Å². The van der Waals surface area contributed by atoms with Gasteiger partial charge in [-0.3, -0.25) is 4.98 Å². The maximum atomic E-state index is 6.20. The third-order valence-electron chi connectivity index (χ3n) is 4.58. The van der Waals surface area contributed by atoms with Crippen LogP contribution in [0.3, 0.4) is 0 Å². The highest BCUT2D eigenvalue weighted by molar-refractivity contribution is 5.92. The van der Waals surface area contributed by atoms with Crippen LogP contribution in [0, 0.1) is 0 Å². The highest BCUT2D eigenvalue weighted by atomic mass is 16.5. The maximum Gasteiger partial charge on any atom is 0.203 e. The lowest BCUT2D eigenvalue weighted by atomic mass is 10.1. The summed E-state index contributed by atoms with van der Waals surface area (Å²) in [5, 5.41) is 0. The fourth-order valence-corrected chi connectivity index (χ4v) is 3.19. The topological polar surface area (TPSA) is 79.7 Å². The van der Waals surface area contributed by atoms with Crippen molar-refractivity contribution in [2.45, 2.75) is 0 Å². The SMILES string of the molecule is COc1cc(-c2cc3nccc(-c4ccc(N)cc4)c3o2)cc(OC)c1OC. The van der Waals surface area contributed by atoms with Crippen LogP contribution in [0.25, 0.3) is 33.6 Å². The molecule has 4 aromatic rings. The molecule has 0 unspecified atom stereocenters. The number of pyridine rings is 1. The first kappa shape index (κ1) is 17.7. The van der Waals surface area contributed by atoms with Crippen molar-refractivity contribution in [2.75, 3.05) is 27.1 Å². The minimum Gasteiger partial charge on any atom is -0.493 e. The van der Waals surface area contributed by atoms with Crippen LogP contribution in [-0.4, -0.2) is 26.3 Å². The molecule has 28 heavy (non-hydrogen) atoms. The number of hydrogen-bond acceptors (Lipinski definition) is 6. The van der Waals surface area contributed by atoms with E-state index in [1.165, 1.54) is 0 Å². The summed E-state index contributed by atoms with van der Waals surface area (Å²) in [6.07, 6.45) is 1.77. The van der Waals surface area contributed by atoms with Crippen molar-refractivity contribution in [3.05, 3.63) is 54.7 Å². The van der Waals surface area contributed by atoms with E-state index in [2.05, 4.69) is 4.98 Å². The van der Waals surface area contributed by atoms with Gasteiger partial charge in [0.25, 0.3) is 0 Å². The number of benzene rings is 2. The van der Waals surface area contributed by atoms with Gasteiger partial charge in [-0.1, -0.05) is 12.1 Å². The number of hydrogen-bond donors (Lipinski definition) is 1. The standard InChI is InChI=1S/C22H20N2O4/c1-25-19-10-14(11-20(26-2)22(19)27-3)18-12-17-21(28-18)16(8-9-24-17)13-4-6-15(23)7-5-13/h4-12H,23H2,1-3H3. The van der Waals surface area contributed by atoms with Gasteiger partial charge in [0, 0.05) is 29.1 Å². The van der Waals surface area contributed by atoms with Crippen molar-refractivity contribution in [1.82, 2.24) is 4.98 Å². The highest BCUT2D eigenvalue weighted by Gasteiger charge is 2.18. The van der Waals surface area contributed by atoms with Crippen molar-refractivity contribution in [2.24, 2.45) is 0 Å². The zero-order valence-electron chi connectivity index (χ0n) is 15.9. The first-order chi connectivity index (χ1) is 13.6. The second kappa shape index (κ2) is 7.15. The zero-order valence-corrected chi connectivity index (χ0v) is 15.9. The lowest BCUT2D eigenvalue weighted by Gasteiger charge is -2.13. The molecule has 6 heteroatoms. The van der Waals surface area contributed by atoms with Crippen LogP contribution in [0.5, 0.6) is 17.2 Å². The summed E-state index contributed by atoms with van der Waals surface area (Å²) in [6, 6.07) is 15.2. The normalized spacial score (nSPS) is 10.8. The molecular weight excluding hydrogens is 356 g/mol. The Kier molecular flexibility index (Phi) is 4.53. The average molecular weight is 376 g/mol. The fraction of sp³-hybridized carbons (Fsp3) is 0.136. The molecule has 0 fully saturated rings. The molecule has 0 radical (unpaired) electrons. The molecule has 0 saturated heterocycles. The first-order valence-corrected chi connectivity index (χ1v) is 8.69. The van der Waals surface area contributed by atoms with Gasteiger partial charge in [0.1, 0.15) is 11.3 Å². The minimum atomic E-state index is 0.533. The van der Waals surface area contributed by atoms with Gasteiger partial charge in [-0.05, 0) is 35.9 Å². The Morgan fingerprint density at radius 1 is 0.821 bits per heavy atom. The second-order valence-corrected chi connectivity index (χ2v) is 6.22. The fourth-order valence-electron chi connectivity index (χ4n) is 3.19. The Balaban J connectivity index is 1.87. The van der Waals surface area contributed by atoms with Crippen LogP contribution in [0.4, 0.5) is 5.69 Å². The summed E-state index contributed by atoms with van der Waals surface area (Å²) >= 11 is 0. The minimum absolute atomic E-state index is 0.533. The summed E-state index contributed by atoms with van der Waals surface area (Å²) in [5.74, 6) is 2.31. The lowest BCUT2D eigenvalue weighted by Crippen LogP contribution is -1.95. The zero-order chi connectivity index (χ0) is 19.7. The predicted octanol–water partition coefficient (Wildman–Crippen LogP) is 4.77. The van der Waals surface area contributed by atoms with Crippen molar-refractivity contribution in [3.8, 4) is 39.7 Å². The van der Waals surface area contributed by atoms with Crippen molar-refractivity contribution < 1.29 is 18.6 Å². The monoisotopic (exact) mass is 376 g/mol. The number of nitrogens with zero attached hydrogens (tertiary/aromatic N) is 1. The molecule has 142 valence electrons. The molecule has 0 aliphatic rings. The van der Waals surface area contributed by atoms with Gasteiger partial charge < -0.3 is 24.4 Å². The van der Waals surface area contributed by atoms with Gasteiger partial charge in [0.05, 0.1) is 21.3 Å². The lowest BCUT2D eigenvalue weighted by molar-refractivity contribution is 0.324. The maximum absolute atomic E-state index is 6.20. The molecule has 0 saturated carbocycles. The van der Waals surface area contributed by atoms with Crippen molar-refractivity contribution in [3.63, 3.8) is 0 Å². The van der Waals surface area contributed by atoms with Crippen LogP contribution < -0.4 is 19.9 Å². The Morgan fingerprint density at radius 2 is 1.50 bits per heavy atom. The largest absolute Gasteiger partial charge is 0.493 e. The Labute approximate surface area is 162 Å². The van der Waals surface area contributed by atoms with Crippen LogP contribution in [0.1, 0.15) is 0 Å². The number of rotatable bonds is 5. The molecule has 2 N–H and O–H groups in total. The molecular formula is C22H20N2O4. The third kappa shape index (κ3) is 2.99. The van der Waals surface area contributed by atoms with E-state index in [9.17, 15) is 0 Å². The molecule has 0 aliphatic carbocycles. The molecule has 2 aromatic carbocycles. The number of anilines is 1. The Morgan fingerprint density at radius 3 is 2.11 bits per heavy atom. The quantitative estimate of drug-likeness (QED) is 0.506. The molecule has 2 aromatic heterocycles. The summed E-state index contributed by atoms with van der Waals surface area (Å²) in [5.41, 5.74) is 10.7. The summed E-state index contributed by atoms with van der Waals surface area (Å²) in [6.45, 7) is 0. The second-order valence-electron chi connectivity index (χ2n) is 6.22. The number of nitrogens with two attached hydrogens (primary N) is 1. The van der Waals surface area contributed by atoms with Crippen LogP contribution in [0.15, 0.2) is 59.1 Å². The number of methoxy groups -OCH3 is 3. The van der Waals surface area contributed by atoms with E-state index in [4.69, 9.17) is 24.4 Å². The van der Waals surface area contributed by atoms with Gasteiger partial charge in [-0.15, -0.1) is 0 Å². The smallest absolute Gasteiger partial charge is 0.203 e. The van der Waals surface area contributed by atoms with E-state index in [1.54, 1.807) is 27.5 Å². The summed E-state index contributed by atoms with van der Waals surface area (Å²) in [7, 11) is 4.74. The molecule has 0 aliphatic heterocycles. The van der Waals surface area contributed by atoms with Gasteiger partial charge in [0.15, 0.2) is 17.1 Å². The Hall–Kier alpha value is -3.67. The number of ether oxygens (including phenoxy) is 3. The van der Waals surface area contributed by atoms with Crippen molar-refractivity contribution >= 4 is 16.8 Å².